The van der Waals surface area contributed by atoms with Gasteiger partial charge in [-0.05, 0) is 61.4 Å². The topological polar surface area (TPSA) is 108 Å². The van der Waals surface area contributed by atoms with Gasteiger partial charge < -0.3 is 21.7 Å². The Hall–Kier alpha value is -1.16. The second-order valence-electron chi connectivity index (χ2n) is 10.8. The Morgan fingerprint density at radius 3 is 2.07 bits per heavy atom. The number of carbonyl (C=O) groups excluding carboxylic acids is 1. The SMILES string of the molecule is CC(CCN)CC(C)(C)CNCCC(=O)N(CCC#N)CC(C)(C)CC(C)CCN. The Morgan fingerprint density at radius 2 is 1.57 bits per heavy atom. The van der Waals surface area contributed by atoms with Crippen LogP contribution >= 0.6 is 0 Å². The lowest BCUT2D eigenvalue weighted by Gasteiger charge is -2.34. The lowest BCUT2D eigenvalue weighted by atomic mass is 9.81. The molecule has 0 aromatic rings. The smallest absolute Gasteiger partial charge is 0.223 e. The van der Waals surface area contributed by atoms with Crippen molar-refractivity contribution in [2.75, 3.05) is 39.3 Å². The molecule has 0 rings (SSSR count). The molecule has 0 bridgehead atoms. The van der Waals surface area contributed by atoms with Gasteiger partial charge in [-0.3, -0.25) is 4.79 Å². The van der Waals surface area contributed by atoms with Gasteiger partial charge in [0.2, 0.25) is 5.91 Å². The summed E-state index contributed by atoms with van der Waals surface area (Å²) in [6.07, 6.45) is 5.03. The number of hydrogen-bond donors (Lipinski definition) is 3. The van der Waals surface area contributed by atoms with Crippen molar-refractivity contribution in [1.29, 1.82) is 5.26 Å². The highest BCUT2D eigenvalue weighted by molar-refractivity contribution is 5.76. The van der Waals surface area contributed by atoms with Gasteiger partial charge in [-0.2, -0.15) is 5.26 Å². The second-order valence-corrected chi connectivity index (χ2v) is 10.8. The number of nitrogens with two attached hydrogens (primary N) is 2. The van der Waals surface area contributed by atoms with Crippen LogP contribution in [0.15, 0.2) is 0 Å². The first kappa shape index (κ1) is 28.8. The summed E-state index contributed by atoms with van der Waals surface area (Å²) in [4.78, 5) is 14.8. The normalized spacial score (nSPS) is 14.2. The largest absolute Gasteiger partial charge is 0.341 e. The fraction of sp³-hybridized carbons (Fsp3) is 0.917. The predicted octanol–water partition coefficient (Wildman–Crippen LogP) is 3.51. The first-order chi connectivity index (χ1) is 14.0. The molecule has 5 N–H and O–H groups in total. The van der Waals surface area contributed by atoms with Crippen LogP contribution in [0.4, 0.5) is 0 Å². The standard InChI is InChI=1S/C24H49N5O/c1-20(8-12-26)16-23(3,4)18-28-14-10-22(30)29(15-7-11-25)19-24(5,6)17-21(2)9-13-27/h20-21,28H,7-10,12-19,26-27H2,1-6H3. The molecular formula is C24H49N5O. The van der Waals surface area contributed by atoms with E-state index in [0.29, 0.717) is 50.9 Å². The maximum Gasteiger partial charge on any atom is 0.223 e. The monoisotopic (exact) mass is 423 g/mol. The molecule has 30 heavy (non-hydrogen) atoms. The third kappa shape index (κ3) is 14.0. The first-order valence-electron chi connectivity index (χ1n) is 11.7. The highest BCUT2D eigenvalue weighted by atomic mass is 16.2. The van der Waals surface area contributed by atoms with Crippen molar-refractivity contribution in [1.82, 2.24) is 10.2 Å². The molecule has 0 radical (unpaired) electrons. The van der Waals surface area contributed by atoms with Crippen LogP contribution in [0.3, 0.4) is 0 Å². The zero-order valence-electron chi connectivity index (χ0n) is 20.6. The number of rotatable bonds is 17. The molecule has 1 amide bonds. The Morgan fingerprint density at radius 1 is 1.03 bits per heavy atom. The number of nitrogens with one attached hydrogen (secondary N) is 1. The third-order valence-electron chi connectivity index (χ3n) is 5.71. The maximum atomic E-state index is 12.9. The number of nitriles is 1. The average Bonchev–Trinajstić information content (AvgIpc) is 2.61. The Kier molecular flexibility index (Phi) is 14.2. The number of carbonyl (C=O) groups is 1. The molecule has 0 aliphatic carbocycles. The molecule has 2 unspecified atom stereocenters. The van der Waals surface area contributed by atoms with Crippen LogP contribution in [-0.2, 0) is 4.79 Å². The van der Waals surface area contributed by atoms with E-state index < -0.39 is 0 Å². The zero-order chi connectivity index (χ0) is 23.2. The van der Waals surface area contributed by atoms with E-state index >= 15 is 0 Å². The molecule has 6 nitrogen and oxygen atoms in total. The minimum atomic E-state index is 0.00819. The fourth-order valence-electron chi connectivity index (χ4n) is 4.57. The van der Waals surface area contributed by atoms with E-state index in [9.17, 15) is 4.79 Å². The van der Waals surface area contributed by atoms with Gasteiger partial charge in [0, 0.05) is 32.6 Å². The first-order valence-corrected chi connectivity index (χ1v) is 11.7. The van der Waals surface area contributed by atoms with E-state index in [1.165, 1.54) is 0 Å². The van der Waals surface area contributed by atoms with E-state index in [4.69, 9.17) is 16.7 Å². The second kappa shape index (κ2) is 14.8. The Labute approximate surface area is 186 Å². The highest BCUT2D eigenvalue weighted by Gasteiger charge is 2.27. The van der Waals surface area contributed by atoms with Crippen LogP contribution < -0.4 is 16.8 Å². The van der Waals surface area contributed by atoms with E-state index in [1.807, 2.05) is 4.90 Å². The lowest BCUT2D eigenvalue weighted by Crippen LogP contribution is -2.41. The van der Waals surface area contributed by atoms with Gasteiger partial charge in [-0.1, -0.05) is 41.5 Å². The molecule has 0 heterocycles. The van der Waals surface area contributed by atoms with Crippen molar-refractivity contribution < 1.29 is 4.79 Å². The van der Waals surface area contributed by atoms with E-state index in [2.05, 4.69) is 52.9 Å². The van der Waals surface area contributed by atoms with E-state index in [1.54, 1.807) is 0 Å². The van der Waals surface area contributed by atoms with Gasteiger partial charge in [0.15, 0.2) is 0 Å². The van der Waals surface area contributed by atoms with Crippen molar-refractivity contribution in [2.24, 2.45) is 34.1 Å². The average molecular weight is 424 g/mol. The number of amides is 1. The summed E-state index contributed by atoms with van der Waals surface area (Å²) in [5.41, 5.74) is 11.5. The molecule has 0 spiro atoms. The summed E-state index contributed by atoms with van der Waals surface area (Å²) in [5.74, 6) is 1.27. The molecule has 0 aliphatic rings. The summed E-state index contributed by atoms with van der Waals surface area (Å²) < 4.78 is 0. The summed E-state index contributed by atoms with van der Waals surface area (Å²) in [7, 11) is 0. The summed E-state index contributed by atoms with van der Waals surface area (Å²) in [6.45, 7) is 17.6. The summed E-state index contributed by atoms with van der Waals surface area (Å²) in [5, 5.41) is 12.5. The molecule has 0 saturated heterocycles. The van der Waals surface area contributed by atoms with Crippen LogP contribution in [-0.4, -0.2) is 50.1 Å². The minimum Gasteiger partial charge on any atom is -0.341 e. The lowest BCUT2D eigenvalue weighted by molar-refractivity contribution is -0.132. The van der Waals surface area contributed by atoms with Gasteiger partial charge in [0.1, 0.15) is 0 Å². The van der Waals surface area contributed by atoms with Gasteiger partial charge in [-0.25, -0.2) is 0 Å². The van der Waals surface area contributed by atoms with Crippen LogP contribution in [0.1, 0.15) is 80.1 Å². The van der Waals surface area contributed by atoms with Crippen LogP contribution in [0, 0.1) is 34.0 Å². The summed E-state index contributed by atoms with van der Waals surface area (Å²) in [6, 6.07) is 2.18. The molecule has 6 heteroatoms. The molecule has 0 aliphatic heterocycles. The van der Waals surface area contributed by atoms with Gasteiger partial charge >= 0.3 is 0 Å². The van der Waals surface area contributed by atoms with Gasteiger partial charge in [-0.15, -0.1) is 0 Å². The molecular weight excluding hydrogens is 374 g/mol. The van der Waals surface area contributed by atoms with Crippen molar-refractivity contribution >= 4 is 5.91 Å². The molecule has 0 fully saturated rings. The van der Waals surface area contributed by atoms with E-state index in [-0.39, 0.29) is 16.7 Å². The highest BCUT2D eigenvalue weighted by Crippen LogP contribution is 2.28. The van der Waals surface area contributed by atoms with Gasteiger partial charge in [0.05, 0.1) is 12.5 Å². The molecule has 176 valence electrons. The molecule has 0 aromatic heterocycles. The van der Waals surface area contributed by atoms with Crippen molar-refractivity contribution in [3.63, 3.8) is 0 Å². The van der Waals surface area contributed by atoms with Gasteiger partial charge in [0.25, 0.3) is 0 Å². The van der Waals surface area contributed by atoms with Crippen molar-refractivity contribution in [2.45, 2.75) is 80.1 Å². The summed E-state index contributed by atoms with van der Waals surface area (Å²) >= 11 is 0. The van der Waals surface area contributed by atoms with Crippen LogP contribution in [0.2, 0.25) is 0 Å². The third-order valence-corrected chi connectivity index (χ3v) is 5.71. The molecule has 0 aromatic carbocycles. The van der Waals surface area contributed by atoms with Crippen LogP contribution in [0.25, 0.3) is 0 Å². The molecule has 0 saturated carbocycles. The van der Waals surface area contributed by atoms with Crippen molar-refractivity contribution in [3.05, 3.63) is 0 Å². The fourth-order valence-corrected chi connectivity index (χ4v) is 4.57. The Balaban J connectivity index is 4.62. The maximum absolute atomic E-state index is 12.9. The number of hydrogen-bond acceptors (Lipinski definition) is 5. The van der Waals surface area contributed by atoms with E-state index in [0.717, 1.165) is 38.8 Å². The number of nitrogens with zero attached hydrogens (tertiary/aromatic N) is 2. The quantitative estimate of drug-likeness (QED) is 0.310. The van der Waals surface area contributed by atoms with Crippen LogP contribution in [0.5, 0.6) is 0 Å². The molecule has 2 atom stereocenters. The Bertz CT molecular complexity index is 512. The minimum absolute atomic E-state index is 0.00819. The predicted molar refractivity (Wildman–Crippen MR) is 127 cm³/mol. The zero-order valence-corrected chi connectivity index (χ0v) is 20.6. The van der Waals surface area contributed by atoms with Crippen molar-refractivity contribution in [3.8, 4) is 6.07 Å².